The van der Waals surface area contributed by atoms with E-state index in [0.717, 1.165) is 103 Å². The minimum atomic E-state index is -0.206. The van der Waals surface area contributed by atoms with Crippen LogP contribution in [0.3, 0.4) is 0 Å². The largest absolute Gasteiger partial charge is 0.457 e. The fourth-order valence-electron chi connectivity index (χ4n) is 6.63. The van der Waals surface area contributed by atoms with E-state index in [4.69, 9.17) is 14.5 Å². The summed E-state index contributed by atoms with van der Waals surface area (Å²) in [5.41, 5.74) is 3.32. The predicted octanol–water partition coefficient (Wildman–Crippen LogP) is 5.89. The number of nitrogens with zero attached hydrogens (tertiary/aromatic N) is 3. The van der Waals surface area contributed by atoms with Crippen LogP contribution in [-0.4, -0.2) is 89.0 Å². The Bertz CT molecular complexity index is 1410. The fraction of sp³-hybridized carbons (Fsp3) is 0.515. The number of amides is 1. The molecule has 1 aliphatic carbocycles. The third kappa shape index (κ3) is 6.33. The smallest absolute Gasteiger partial charge is 0.251 e. The molecule has 1 aromatic heterocycles. The first-order valence-electron chi connectivity index (χ1n) is 15.7. The third-order valence-electron chi connectivity index (χ3n) is 9.01. The van der Waals surface area contributed by atoms with Gasteiger partial charge in [-0.25, -0.2) is 0 Å². The van der Waals surface area contributed by atoms with Crippen LogP contribution in [0.4, 0.5) is 5.69 Å². The lowest BCUT2D eigenvalue weighted by molar-refractivity contribution is -0.142. The first-order valence-corrected chi connectivity index (χ1v) is 16.7. The molecule has 42 heavy (non-hydrogen) atoms. The van der Waals surface area contributed by atoms with Crippen molar-refractivity contribution in [2.24, 2.45) is 4.99 Å². The molecule has 9 heteroatoms. The van der Waals surface area contributed by atoms with Crippen molar-refractivity contribution < 1.29 is 14.3 Å². The van der Waals surface area contributed by atoms with E-state index < -0.39 is 0 Å². The molecule has 0 bridgehead atoms. The zero-order valence-electron chi connectivity index (χ0n) is 24.2. The Hall–Kier alpha value is -3.01. The molecule has 2 aromatic carbocycles. The number of hydrogen-bond acceptors (Lipinski definition) is 7. The van der Waals surface area contributed by atoms with E-state index >= 15 is 0 Å². The van der Waals surface area contributed by atoms with Crippen LogP contribution >= 0.6 is 11.8 Å². The molecule has 1 amide bonds. The molecule has 1 saturated carbocycles. The van der Waals surface area contributed by atoms with Gasteiger partial charge in [0.2, 0.25) is 0 Å². The van der Waals surface area contributed by atoms with E-state index in [9.17, 15) is 4.79 Å². The van der Waals surface area contributed by atoms with Gasteiger partial charge in [-0.05, 0) is 56.4 Å². The highest BCUT2D eigenvalue weighted by atomic mass is 32.2. The maximum absolute atomic E-state index is 12.7. The average Bonchev–Trinajstić information content (AvgIpc) is 3.84. The lowest BCUT2D eigenvalue weighted by atomic mass is 10.1. The molecular weight excluding hydrogens is 546 g/mol. The summed E-state index contributed by atoms with van der Waals surface area (Å²) in [5.74, 6) is 2.88. The topological polar surface area (TPSA) is 82.2 Å². The summed E-state index contributed by atoms with van der Waals surface area (Å²) in [6, 6.07) is 17.3. The molecule has 0 radical (unpaired) electrons. The number of aliphatic imine (C=N–C) groups is 1. The summed E-state index contributed by atoms with van der Waals surface area (Å²) < 4.78 is 11.9. The molecule has 4 aliphatic rings. The van der Waals surface area contributed by atoms with E-state index in [0.29, 0.717) is 12.1 Å². The molecule has 7 rings (SSSR count). The number of hydrogen-bond donors (Lipinski definition) is 2. The number of piperazine rings is 1. The Balaban J connectivity index is 1.00. The minimum Gasteiger partial charge on any atom is -0.457 e. The number of anilines is 1. The number of benzene rings is 2. The van der Waals surface area contributed by atoms with Crippen molar-refractivity contribution in [3.8, 4) is 11.5 Å². The van der Waals surface area contributed by atoms with Crippen molar-refractivity contribution in [2.45, 2.75) is 63.1 Å². The molecular formula is C33H41N5O3S. The maximum atomic E-state index is 12.7. The van der Waals surface area contributed by atoms with Gasteiger partial charge in [-0.15, -0.1) is 11.8 Å². The number of rotatable bonds is 9. The number of fused-ring (bicyclic) bond motifs is 1. The van der Waals surface area contributed by atoms with Gasteiger partial charge >= 0.3 is 0 Å². The lowest BCUT2D eigenvalue weighted by Crippen LogP contribution is -2.51. The summed E-state index contributed by atoms with van der Waals surface area (Å²) in [5, 5.41) is 6.05. The monoisotopic (exact) mass is 587 g/mol. The summed E-state index contributed by atoms with van der Waals surface area (Å²) in [6.07, 6.45) is 7.70. The summed E-state index contributed by atoms with van der Waals surface area (Å²) in [6.45, 7) is 5.21. The Labute approximate surface area is 252 Å². The zero-order valence-corrected chi connectivity index (χ0v) is 25.0. The number of ether oxygens (including phenoxy) is 2. The summed E-state index contributed by atoms with van der Waals surface area (Å²) in [4.78, 5) is 26.0. The second-order valence-corrected chi connectivity index (χ2v) is 13.0. The van der Waals surface area contributed by atoms with Crippen LogP contribution in [0.2, 0.25) is 0 Å². The number of H-pyrrole nitrogens is 1. The van der Waals surface area contributed by atoms with Crippen molar-refractivity contribution in [3.63, 3.8) is 0 Å². The fourth-order valence-corrected chi connectivity index (χ4v) is 7.71. The minimum absolute atomic E-state index is 0.187. The average molecular weight is 588 g/mol. The van der Waals surface area contributed by atoms with Gasteiger partial charge in [-0.1, -0.05) is 31.0 Å². The number of aromatic nitrogens is 1. The van der Waals surface area contributed by atoms with Gasteiger partial charge in [0.05, 0.1) is 22.9 Å². The number of aromatic amines is 1. The number of thioether (sulfide) groups is 1. The Morgan fingerprint density at radius 3 is 2.64 bits per heavy atom. The number of para-hydroxylation sites is 1. The third-order valence-corrected chi connectivity index (χ3v) is 10.2. The second kappa shape index (κ2) is 12.7. The van der Waals surface area contributed by atoms with Gasteiger partial charge in [0.15, 0.2) is 0 Å². The van der Waals surface area contributed by atoms with E-state index in [2.05, 4.69) is 33.4 Å². The normalized spacial score (nSPS) is 23.5. The van der Waals surface area contributed by atoms with Crippen LogP contribution in [0.5, 0.6) is 11.5 Å². The van der Waals surface area contributed by atoms with Gasteiger partial charge in [0.25, 0.3) is 5.91 Å². The van der Waals surface area contributed by atoms with Crippen LogP contribution < -0.4 is 10.1 Å². The van der Waals surface area contributed by atoms with E-state index in [1.54, 1.807) is 0 Å². The Morgan fingerprint density at radius 2 is 1.86 bits per heavy atom. The van der Waals surface area contributed by atoms with Gasteiger partial charge in [-0.2, -0.15) is 0 Å². The van der Waals surface area contributed by atoms with Crippen LogP contribution in [0.25, 0.3) is 10.9 Å². The highest BCUT2D eigenvalue weighted by molar-refractivity contribution is 8.14. The molecule has 222 valence electrons. The molecule has 3 aliphatic heterocycles. The van der Waals surface area contributed by atoms with E-state index in [1.165, 1.54) is 25.7 Å². The number of carbonyl (C=O) groups is 1. The lowest BCUT2D eigenvalue weighted by Gasteiger charge is -2.36. The SMILES string of the molecule is O=C(C1CCCO1)N1CCN(CCC2CSC(c3cc4cc(Oc5ccccc5)cc(NC5CCCC5)c4[nH]3)=N2)CC1. The van der Waals surface area contributed by atoms with Gasteiger partial charge in [0, 0.05) is 62.6 Å². The molecule has 4 heterocycles. The Morgan fingerprint density at radius 1 is 1.02 bits per heavy atom. The molecule has 2 N–H and O–H groups in total. The zero-order chi connectivity index (χ0) is 28.3. The van der Waals surface area contributed by atoms with E-state index in [1.807, 2.05) is 47.0 Å². The molecule has 2 atom stereocenters. The number of carbonyl (C=O) groups excluding carboxylic acids is 1. The van der Waals surface area contributed by atoms with Crippen molar-refractivity contribution >= 4 is 39.3 Å². The van der Waals surface area contributed by atoms with Crippen LogP contribution in [0.15, 0.2) is 53.5 Å². The summed E-state index contributed by atoms with van der Waals surface area (Å²) >= 11 is 1.85. The van der Waals surface area contributed by atoms with Crippen molar-refractivity contribution in [3.05, 3.63) is 54.2 Å². The Kier molecular flexibility index (Phi) is 8.40. The predicted molar refractivity (Wildman–Crippen MR) is 170 cm³/mol. The van der Waals surface area contributed by atoms with Gasteiger partial charge in [0.1, 0.15) is 22.6 Å². The highest BCUT2D eigenvalue weighted by Crippen LogP contribution is 2.36. The first kappa shape index (κ1) is 27.8. The van der Waals surface area contributed by atoms with Gasteiger partial charge < -0.3 is 24.7 Å². The maximum Gasteiger partial charge on any atom is 0.251 e. The first-order chi connectivity index (χ1) is 20.7. The number of nitrogens with one attached hydrogen (secondary N) is 2. The molecule has 3 aromatic rings. The second-order valence-electron chi connectivity index (χ2n) is 12.0. The van der Waals surface area contributed by atoms with Crippen molar-refractivity contribution in [2.75, 3.05) is 50.4 Å². The van der Waals surface area contributed by atoms with Crippen LogP contribution in [0.1, 0.15) is 50.6 Å². The van der Waals surface area contributed by atoms with Crippen LogP contribution in [-0.2, 0) is 9.53 Å². The quantitative estimate of drug-likeness (QED) is 0.325. The van der Waals surface area contributed by atoms with Crippen LogP contribution in [0, 0.1) is 0 Å². The molecule has 3 fully saturated rings. The molecule has 2 unspecified atom stereocenters. The standard InChI is InChI=1S/C33H41N5O3S/c39-33(30-11-6-18-40-30)38-16-14-37(15-17-38)13-12-25-22-42-32(35-25)29-20-23-19-27(41-26-9-2-1-3-10-26)21-28(31(23)36-29)34-24-7-4-5-8-24/h1-3,9-10,19-21,24-25,30,34,36H,4-8,11-18,22H2. The molecule has 8 nitrogen and oxygen atoms in total. The molecule has 0 spiro atoms. The van der Waals surface area contributed by atoms with E-state index in [-0.39, 0.29) is 12.0 Å². The molecule has 2 saturated heterocycles. The van der Waals surface area contributed by atoms with Gasteiger partial charge in [-0.3, -0.25) is 14.7 Å². The summed E-state index contributed by atoms with van der Waals surface area (Å²) in [7, 11) is 0. The van der Waals surface area contributed by atoms with Crippen molar-refractivity contribution in [1.82, 2.24) is 14.8 Å². The van der Waals surface area contributed by atoms with Crippen molar-refractivity contribution in [1.29, 1.82) is 0 Å². The highest BCUT2D eigenvalue weighted by Gasteiger charge is 2.31.